The second kappa shape index (κ2) is 7.26. The Morgan fingerprint density at radius 2 is 1.80 bits per heavy atom. The summed E-state index contributed by atoms with van der Waals surface area (Å²) in [6, 6.07) is 1.52. The Bertz CT molecular complexity index is 279. The van der Waals surface area contributed by atoms with Crippen molar-refractivity contribution in [3.63, 3.8) is 0 Å². The number of hydrogen-bond donors (Lipinski definition) is 1. The molecule has 2 nitrogen and oxygen atoms in total. The van der Waals surface area contributed by atoms with E-state index in [0.29, 0.717) is 5.41 Å². The van der Waals surface area contributed by atoms with E-state index < -0.39 is 0 Å². The smallest absolute Gasteiger partial charge is 0.0254 e. The van der Waals surface area contributed by atoms with E-state index in [4.69, 9.17) is 0 Å². The SMILES string of the molecule is CCCNC1CCC(C)(C)CC1N1CCC(CC)CC1. The van der Waals surface area contributed by atoms with E-state index in [1.807, 2.05) is 0 Å². The van der Waals surface area contributed by atoms with Crippen LogP contribution < -0.4 is 5.32 Å². The summed E-state index contributed by atoms with van der Waals surface area (Å²) in [7, 11) is 0. The molecule has 2 atom stereocenters. The number of hydrogen-bond acceptors (Lipinski definition) is 2. The third-order valence-electron chi connectivity index (χ3n) is 5.71. The first-order valence-corrected chi connectivity index (χ1v) is 9.03. The van der Waals surface area contributed by atoms with E-state index in [-0.39, 0.29) is 0 Å². The van der Waals surface area contributed by atoms with Crippen LogP contribution in [-0.2, 0) is 0 Å². The molecule has 0 spiro atoms. The molecular weight excluding hydrogens is 244 g/mol. The van der Waals surface area contributed by atoms with Crippen molar-refractivity contribution in [2.75, 3.05) is 19.6 Å². The molecule has 0 bridgehead atoms. The van der Waals surface area contributed by atoms with Gasteiger partial charge in [-0.3, -0.25) is 4.90 Å². The van der Waals surface area contributed by atoms with E-state index in [0.717, 1.165) is 18.0 Å². The number of rotatable bonds is 5. The molecule has 0 aromatic heterocycles. The molecule has 1 aliphatic carbocycles. The first-order chi connectivity index (χ1) is 9.55. The summed E-state index contributed by atoms with van der Waals surface area (Å²) in [4.78, 5) is 2.82. The van der Waals surface area contributed by atoms with Gasteiger partial charge >= 0.3 is 0 Å². The molecule has 1 N–H and O–H groups in total. The monoisotopic (exact) mass is 280 g/mol. The molecule has 20 heavy (non-hydrogen) atoms. The van der Waals surface area contributed by atoms with Gasteiger partial charge < -0.3 is 5.32 Å². The molecule has 2 fully saturated rings. The van der Waals surface area contributed by atoms with Gasteiger partial charge in [0.2, 0.25) is 0 Å². The maximum Gasteiger partial charge on any atom is 0.0254 e. The van der Waals surface area contributed by atoms with Crippen LogP contribution in [0.1, 0.15) is 72.6 Å². The molecule has 2 rings (SSSR count). The molecule has 1 saturated carbocycles. The quantitative estimate of drug-likeness (QED) is 0.817. The van der Waals surface area contributed by atoms with E-state index in [1.165, 1.54) is 64.6 Å². The third-order valence-corrected chi connectivity index (χ3v) is 5.71. The minimum Gasteiger partial charge on any atom is -0.312 e. The average molecular weight is 280 g/mol. The summed E-state index contributed by atoms with van der Waals surface area (Å²) in [5, 5.41) is 3.84. The second-order valence-corrected chi connectivity index (χ2v) is 7.92. The average Bonchev–Trinajstić information content (AvgIpc) is 2.45. The van der Waals surface area contributed by atoms with E-state index in [2.05, 4.69) is 37.9 Å². The normalized spacial score (nSPS) is 32.4. The summed E-state index contributed by atoms with van der Waals surface area (Å²) in [5.74, 6) is 0.991. The minimum atomic E-state index is 0.538. The van der Waals surface area contributed by atoms with E-state index in [1.54, 1.807) is 0 Å². The van der Waals surface area contributed by atoms with Gasteiger partial charge in [-0.2, -0.15) is 0 Å². The van der Waals surface area contributed by atoms with Gasteiger partial charge in [-0.25, -0.2) is 0 Å². The maximum atomic E-state index is 3.84. The van der Waals surface area contributed by atoms with Gasteiger partial charge in [0.15, 0.2) is 0 Å². The van der Waals surface area contributed by atoms with Crippen LogP contribution in [0.2, 0.25) is 0 Å². The Kier molecular flexibility index (Phi) is 5.92. The van der Waals surface area contributed by atoms with E-state index >= 15 is 0 Å². The highest BCUT2D eigenvalue weighted by atomic mass is 15.2. The van der Waals surface area contributed by atoms with Crippen molar-refractivity contribution in [2.45, 2.75) is 84.7 Å². The molecule has 2 heteroatoms. The van der Waals surface area contributed by atoms with Crippen molar-refractivity contribution >= 4 is 0 Å². The van der Waals surface area contributed by atoms with Crippen LogP contribution in [0.25, 0.3) is 0 Å². The fraction of sp³-hybridized carbons (Fsp3) is 1.00. The first-order valence-electron chi connectivity index (χ1n) is 9.03. The van der Waals surface area contributed by atoms with Crippen molar-refractivity contribution in [2.24, 2.45) is 11.3 Å². The summed E-state index contributed by atoms with van der Waals surface area (Å²) in [6.45, 7) is 13.4. The first kappa shape index (κ1) is 16.3. The van der Waals surface area contributed by atoms with Crippen LogP contribution in [0, 0.1) is 11.3 Å². The number of piperidine rings is 1. The number of nitrogens with zero attached hydrogens (tertiary/aromatic N) is 1. The molecule has 118 valence electrons. The molecule has 1 heterocycles. The fourth-order valence-electron chi connectivity index (χ4n) is 4.19. The zero-order chi connectivity index (χ0) is 14.6. The summed E-state index contributed by atoms with van der Waals surface area (Å²) in [5.41, 5.74) is 0.538. The standard InChI is InChI=1S/C18H36N2/c1-5-11-19-16-7-10-18(3,4)14-17(16)20-12-8-15(6-2)9-13-20/h15-17,19H,5-14H2,1-4H3. The van der Waals surface area contributed by atoms with Gasteiger partial charge in [0, 0.05) is 12.1 Å². The molecule has 0 aromatic carbocycles. The summed E-state index contributed by atoms with van der Waals surface area (Å²) >= 11 is 0. The molecule has 1 saturated heterocycles. The minimum absolute atomic E-state index is 0.538. The van der Waals surface area contributed by atoms with Crippen molar-refractivity contribution in [1.82, 2.24) is 10.2 Å². The van der Waals surface area contributed by atoms with Gasteiger partial charge in [-0.05, 0) is 69.5 Å². The summed E-state index contributed by atoms with van der Waals surface area (Å²) in [6.07, 6.45) is 9.61. The van der Waals surface area contributed by atoms with Crippen LogP contribution >= 0.6 is 0 Å². The molecule has 0 amide bonds. The van der Waals surface area contributed by atoms with Crippen molar-refractivity contribution in [3.05, 3.63) is 0 Å². The summed E-state index contributed by atoms with van der Waals surface area (Å²) < 4.78 is 0. The maximum absolute atomic E-state index is 3.84. The zero-order valence-corrected chi connectivity index (χ0v) is 14.3. The lowest BCUT2D eigenvalue weighted by molar-refractivity contribution is 0.0410. The van der Waals surface area contributed by atoms with Crippen LogP contribution in [0.15, 0.2) is 0 Å². The van der Waals surface area contributed by atoms with Crippen molar-refractivity contribution < 1.29 is 0 Å². The van der Waals surface area contributed by atoms with Crippen molar-refractivity contribution in [1.29, 1.82) is 0 Å². The lowest BCUT2D eigenvalue weighted by Crippen LogP contribution is -2.56. The highest BCUT2D eigenvalue weighted by Crippen LogP contribution is 2.38. The molecule has 2 aliphatic rings. The zero-order valence-electron chi connectivity index (χ0n) is 14.3. The van der Waals surface area contributed by atoms with Gasteiger partial charge in [-0.1, -0.05) is 34.1 Å². The van der Waals surface area contributed by atoms with Crippen LogP contribution in [0.5, 0.6) is 0 Å². The number of likely N-dealkylation sites (tertiary alicyclic amines) is 1. The Morgan fingerprint density at radius 3 is 2.40 bits per heavy atom. The van der Waals surface area contributed by atoms with Crippen LogP contribution in [0.3, 0.4) is 0 Å². The lowest BCUT2D eigenvalue weighted by atomic mass is 9.72. The topological polar surface area (TPSA) is 15.3 Å². The molecule has 2 unspecified atom stereocenters. The van der Waals surface area contributed by atoms with Gasteiger partial charge in [0.25, 0.3) is 0 Å². The fourth-order valence-corrected chi connectivity index (χ4v) is 4.19. The molecule has 0 aromatic rings. The van der Waals surface area contributed by atoms with Gasteiger partial charge in [0.1, 0.15) is 0 Å². The molecule has 1 aliphatic heterocycles. The predicted octanol–water partition coefficient (Wildman–Crippen LogP) is 4.06. The van der Waals surface area contributed by atoms with Crippen LogP contribution in [0.4, 0.5) is 0 Å². The second-order valence-electron chi connectivity index (χ2n) is 7.92. The highest BCUT2D eigenvalue weighted by molar-refractivity contribution is 4.95. The third kappa shape index (κ3) is 4.21. The van der Waals surface area contributed by atoms with Gasteiger partial charge in [-0.15, -0.1) is 0 Å². The highest BCUT2D eigenvalue weighted by Gasteiger charge is 2.38. The molecule has 0 radical (unpaired) electrons. The largest absolute Gasteiger partial charge is 0.312 e. The predicted molar refractivity (Wildman–Crippen MR) is 88.1 cm³/mol. The lowest BCUT2D eigenvalue weighted by Gasteiger charge is -2.48. The van der Waals surface area contributed by atoms with Crippen LogP contribution in [-0.4, -0.2) is 36.6 Å². The Hall–Kier alpha value is -0.0800. The molecular formula is C18H36N2. The van der Waals surface area contributed by atoms with E-state index in [9.17, 15) is 0 Å². The van der Waals surface area contributed by atoms with Gasteiger partial charge in [0.05, 0.1) is 0 Å². The Balaban J connectivity index is 1.96. The van der Waals surface area contributed by atoms with Crippen molar-refractivity contribution in [3.8, 4) is 0 Å². The number of nitrogens with one attached hydrogen (secondary N) is 1. The Labute approximate surface area is 126 Å². The Morgan fingerprint density at radius 1 is 1.10 bits per heavy atom.